The standard InChI is InChI=1S/C27H30Cl2F2N2O2/c1-5-35-23(34)11-12-33-15-17(14-26(2,3)4)27(16-32,20-10-9-18(28)13-22(20)30)25(33)19-7-6-8-21(29)24(19)31/h6-10,13,17,25H,5,11-12,14-15H2,1-4H3/t17-,25-,27-/m1/s1. The van der Waals surface area contributed by atoms with Crippen LogP contribution in [0.15, 0.2) is 36.4 Å². The molecular weight excluding hydrogens is 493 g/mol. The lowest BCUT2D eigenvalue weighted by Gasteiger charge is -2.38. The fourth-order valence-electron chi connectivity index (χ4n) is 5.28. The van der Waals surface area contributed by atoms with E-state index in [4.69, 9.17) is 27.9 Å². The molecule has 35 heavy (non-hydrogen) atoms. The summed E-state index contributed by atoms with van der Waals surface area (Å²) >= 11 is 12.2. The van der Waals surface area contributed by atoms with Gasteiger partial charge >= 0.3 is 5.97 Å². The van der Waals surface area contributed by atoms with E-state index in [1.54, 1.807) is 25.1 Å². The topological polar surface area (TPSA) is 53.3 Å². The lowest BCUT2D eigenvalue weighted by atomic mass is 9.63. The number of hydrogen-bond acceptors (Lipinski definition) is 4. The Morgan fingerprint density at radius 2 is 1.97 bits per heavy atom. The minimum atomic E-state index is -1.46. The summed E-state index contributed by atoms with van der Waals surface area (Å²) in [5.74, 6) is -2.05. The highest BCUT2D eigenvalue weighted by molar-refractivity contribution is 6.31. The average Bonchev–Trinajstić information content (AvgIpc) is 3.06. The molecule has 0 aromatic heterocycles. The van der Waals surface area contributed by atoms with Crippen LogP contribution in [0.25, 0.3) is 0 Å². The van der Waals surface area contributed by atoms with E-state index in [0.29, 0.717) is 13.0 Å². The molecule has 4 nitrogen and oxygen atoms in total. The predicted molar refractivity (Wildman–Crippen MR) is 133 cm³/mol. The third-order valence-corrected chi connectivity index (χ3v) is 7.03. The molecule has 1 fully saturated rings. The number of nitrogens with zero attached hydrogens (tertiary/aromatic N) is 2. The second kappa shape index (κ2) is 10.8. The monoisotopic (exact) mass is 522 g/mol. The van der Waals surface area contributed by atoms with Gasteiger partial charge in [-0.05, 0) is 42.9 Å². The van der Waals surface area contributed by atoms with Crippen molar-refractivity contribution in [3.8, 4) is 6.07 Å². The number of carbonyl (C=O) groups is 1. The van der Waals surface area contributed by atoms with Gasteiger partial charge in [0.1, 0.15) is 17.0 Å². The predicted octanol–water partition coefficient (Wildman–Crippen LogP) is 7.10. The minimum absolute atomic E-state index is 0.0549. The highest BCUT2D eigenvalue weighted by atomic mass is 35.5. The van der Waals surface area contributed by atoms with Gasteiger partial charge in [0.2, 0.25) is 0 Å². The van der Waals surface area contributed by atoms with Crippen molar-refractivity contribution >= 4 is 29.2 Å². The molecule has 0 radical (unpaired) electrons. The fraction of sp³-hybridized carbons (Fsp3) is 0.481. The summed E-state index contributed by atoms with van der Waals surface area (Å²) in [6, 6.07) is 10.4. The Hall–Kier alpha value is -2.20. The fourth-order valence-corrected chi connectivity index (χ4v) is 5.62. The van der Waals surface area contributed by atoms with Gasteiger partial charge in [0, 0.05) is 29.2 Å². The number of ether oxygens (including phenoxy) is 1. The van der Waals surface area contributed by atoms with Crippen LogP contribution in [0.4, 0.5) is 8.78 Å². The first-order valence-corrected chi connectivity index (χ1v) is 12.4. The van der Waals surface area contributed by atoms with Crippen molar-refractivity contribution in [2.45, 2.75) is 52.0 Å². The molecule has 0 spiro atoms. The van der Waals surface area contributed by atoms with E-state index < -0.39 is 29.1 Å². The van der Waals surface area contributed by atoms with Gasteiger partial charge in [-0.25, -0.2) is 8.78 Å². The molecule has 3 atom stereocenters. The number of carbonyl (C=O) groups excluding carboxylic acids is 1. The summed E-state index contributed by atoms with van der Waals surface area (Å²) < 4.78 is 36.1. The quantitative estimate of drug-likeness (QED) is 0.364. The Morgan fingerprint density at radius 1 is 1.26 bits per heavy atom. The number of benzene rings is 2. The SMILES string of the molecule is CCOC(=O)CCN1C[C@@H](CC(C)(C)C)[C@](C#N)(c2ccc(Cl)cc2F)[C@H]1c1cccc(Cl)c1F. The van der Waals surface area contributed by atoms with E-state index in [1.165, 1.54) is 18.2 Å². The number of hydrogen-bond donors (Lipinski definition) is 0. The number of nitriles is 1. The maximum absolute atomic E-state index is 15.5. The summed E-state index contributed by atoms with van der Waals surface area (Å²) in [6.07, 6.45) is 0.622. The van der Waals surface area contributed by atoms with Crippen LogP contribution >= 0.6 is 23.2 Å². The van der Waals surface area contributed by atoms with Crippen LogP contribution in [-0.4, -0.2) is 30.6 Å². The van der Waals surface area contributed by atoms with Crippen LogP contribution in [0, 0.1) is 34.3 Å². The second-order valence-electron chi connectivity index (χ2n) is 10.2. The molecule has 0 N–H and O–H groups in total. The van der Waals surface area contributed by atoms with Gasteiger partial charge in [-0.1, -0.05) is 62.2 Å². The normalized spacial score (nSPS) is 22.7. The van der Waals surface area contributed by atoms with Crippen molar-refractivity contribution in [1.82, 2.24) is 4.90 Å². The minimum Gasteiger partial charge on any atom is -0.466 e. The van der Waals surface area contributed by atoms with Crippen molar-refractivity contribution in [3.05, 3.63) is 69.2 Å². The number of halogens is 4. The molecule has 1 aliphatic rings. The van der Waals surface area contributed by atoms with Gasteiger partial charge in [-0.15, -0.1) is 0 Å². The van der Waals surface area contributed by atoms with Gasteiger partial charge in [0.05, 0.1) is 30.2 Å². The Morgan fingerprint density at radius 3 is 2.57 bits per heavy atom. The maximum atomic E-state index is 15.5. The van der Waals surface area contributed by atoms with E-state index in [0.717, 1.165) is 0 Å². The molecule has 0 unspecified atom stereocenters. The van der Waals surface area contributed by atoms with E-state index >= 15 is 8.78 Å². The Balaban J connectivity index is 2.26. The molecule has 2 aromatic rings. The van der Waals surface area contributed by atoms with Crippen LogP contribution in [0.1, 0.15) is 57.7 Å². The lowest BCUT2D eigenvalue weighted by Crippen LogP contribution is -2.40. The first kappa shape index (κ1) is 27.4. The van der Waals surface area contributed by atoms with Crippen LogP contribution < -0.4 is 0 Å². The van der Waals surface area contributed by atoms with Crippen molar-refractivity contribution in [2.75, 3.05) is 19.7 Å². The summed E-state index contributed by atoms with van der Waals surface area (Å²) in [6.45, 7) is 8.69. The largest absolute Gasteiger partial charge is 0.466 e. The van der Waals surface area contributed by atoms with E-state index in [9.17, 15) is 10.1 Å². The van der Waals surface area contributed by atoms with E-state index in [2.05, 4.69) is 6.07 Å². The molecule has 0 bridgehead atoms. The zero-order valence-corrected chi connectivity index (χ0v) is 21.9. The average molecular weight is 523 g/mol. The molecule has 1 saturated heterocycles. The van der Waals surface area contributed by atoms with Gasteiger partial charge < -0.3 is 4.74 Å². The van der Waals surface area contributed by atoms with Crippen LogP contribution in [0.2, 0.25) is 10.0 Å². The van der Waals surface area contributed by atoms with Crippen LogP contribution in [-0.2, 0) is 14.9 Å². The zero-order chi connectivity index (χ0) is 26.0. The van der Waals surface area contributed by atoms with Gasteiger partial charge in [0.15, 0.2) is 0 Å². The first-order valence-electron chi connectivity index (χ1n) is 11.6. The second-order valence-corrected chi connectivity index (χ2v) is 11.0. The van der Waals surface area contributed by atoms with Crippen molar-refractivity contribution in [1.29, 1.82) is 5.26 Å². The number of esters is 1. The molecule has 0 saturated carbocycles. The molecule has 3 rings (SSSR count). The summed E-state index contributed by atoms with van der Waals surface area (Å²) in [5, 5.41) is 10.9. The number of rotatable bonds is 7. The highest BCUT2D eigenvalue weighted by Gasteiger charge is 2.58. The number of likely N-dealkylation sites (tertiary alicyclic amines) is 1. The third-order valence-electron chi connectivity index (χ3n) is 6.50. The summed E-state index contributed by atoms with van der Waals surface area (Å²) in [7, 11) is 0. The molecule has 1 heterocycles. The Labute approximate surface area is 215 Å². The van der Waals surface area contributed by atoms with Crippen LogP contribution in [0.5, 0.6) is 0 Å². The van der Waals surface area contributed by atoms with Crippen molar-refractivity contribution in [3.63, 3.8) is 0 Å². The molecule has 188 valence electrons. The summed E-state index contributed by atoms with van der Waals surface area (Å²) in [5.41, 5.74) is -1.32. The van der Waals surface area contributed by atoms with Crippen molar-refractivity contribution in [2.24, 2.45) is 11.3 Å². The third kappa shape index (κ3) is 5.63. The van der Waals surface area contributed by atoms with Gasteiger partial charge in [0.25, 0.3) is 0 Å². The smallest absolute Gasteiger partial charge is 0.307 e. The molecule has 1 aliphatic heterocycles. The molecule has 0 amide bonds. The molecule has 8 heteroatoms. The maximum Gasteiger partial charge on any atom is 0.307 e. The van der Waals surface area contributed by atoms with Gasteiger partial charge in [-0.3, -0.25) is 9.69 Å². The Kier molecular flexibility index (Phi) is 8.47. The summed E-state index contributed by atoms with van der Waals surface area (Å²) in [4.78, 5) is 14.1. The Bertz CT molecular complexity index is 1130. The molecule has 2 aromatic carbocycles. The van der Waals surface area contributed by atoms with Gasteiger partial charge in [-0.2, -0.15) is 5.26 Å². The van der Waals surface area contributed by atoms with Crippen LogP contribution in [0.3, 0.4) is 0 Å². The molecule has 0 aliphatic carbocycles. The van der Waals surface area contributed by atoms with Crippen molar-refractivity contribution < 1.29 is 18.3 Å². The zero-order valence-electron chi connectivity index (χ0n) is 20.4. The van der Waals surface area contributed by atoms with E-state index in [-0.39, 0.29) is 52.1 Å². The first-order chi connectivity index (χ1) is 16.4. The highest BCUT2D eigenvalue weighted by Crippen LogP contribution is 2.56. The van der Waals surface area contributed by atoms with E-state index in [1.807, 2.05) is 25.7 Å². The lowest BCUT2D eigenvalue weighted by molar-refractivity contribution is -0.143. The molecular formula is C27H30Cl2F2N2O2.